The second-order valence-corrected chi connectivity index (χ2v) is 7.41. The van der Waals surface area contributed by atoms with Gasteiger partial charge in [0.25, 0.3) is 0 Å². The summed E-state index contributed by atoms with van der Waals surface area (Å²) in [7, 11) is 0. The highest BCUT2D eigenvalue weighted by Gasteiger charge is 2.27. The zero-order valence-corrected chi connectivity index (χ0v) is 14.3. The van der Waals surface area contributed by atoms with E-state index in [1.54, 1.807) is 6.08 Å². The van der Waals surface area contributed by atoms with E-state index in [9.17, 15) is 9.90 Å². The SMILES string of the molecule is O=C(O)C=CCC[C@H](CO)N(CC1CCCC1)CC1CCCC1. The van der Waals surface area contributed by atoms with Crippen LogP contribution in [0.15, 0.2) is 12.2 Å². The Balaban J connectivity index is 1.88. The van der Waals surface area contributed by atoms with Gasteiger partial charge in [0, 0.05) is 25.2 Å². The predicted molar refractivity (Wildman–Crippen MR) is 92.4 cm³/mol. The molecule has 0 amide bonds. The number of nitrogens with zero attached hydrogens (tertiary/aromatic N) is 1. The Hall–Kier alpha value is -0.870. The third kappa shape index (κ3) is 6.64. The van der Waals surface area contributed by atoms with Gasteiger partial charge in [0.05, 0.1) is 6.61 Å². The molecular formula is C19H33NO3. The predicted octanol–water partition coefficient (Wildman–Crippen LogP) is 3.45. The number of aliphatic hydroxyl groups is 1. The average molecular weight is 323 g/mol. The number of aliphatic carboxylic acids is 1. The first-order valence-electron chi connectivity index (χ1n) is 9.43. The van der Waals surface area contributed by atoms with E-state index in [4.69, 9.17) is 5.11 Å². The molecule has 2 rings (SSSR count). The molecule has 2 aliphatic carbocycles. The van der Waals surface area contributed by atoms with Gasteiger partial charge >= 0.3 is 5.97 Å². The molecule has 2 saturated carbocycles. The van der Waals surface area contributed by atoms with E-state index in [2.05, 4.69) is 4.90 Å². The van der Waals surface area contributed by atoms with Gasteiger partial charge in [-0.2, -0.15) is 0 Å². The van der Waals surface area contributed by atoms with Crippen LogP contribution in [0.2, 0.25) is 0 Å². The van der Waals surface area contributed by atoms with Crippen molar-refractivity contribution >= 4 is 5.97 Å². The topological polar surface area (TPSA) is 60.8 Å². The summed E-state index contributed by atoms with van der Waals surface area (Å²) in [4.78, 5) is 13.1. The highest BCUT2D eigenvalue weighted by atomic mass is 16.4. The van der Waals surface area contributed by atoms with E-state index in [1.165, 1.54) is 57.4 Å². The minimum absolute atomic E-state index is 0.176. The molecular weight excluding hydrogens is 290 g/mol. The normalized spacial score (nSPS) is 21.7. The molecule has 1 atom stereocenters. The molecule has 0 heterocycles. The third-order valence-electron chi connectivity index (χ3n) is 5.59. The van der Waals surface area contributed by atoms with Gasteiger partial charge in [-0.15, -0.1) is 0 Å². The van der Waals surface area contributed by atoms with E-state index in [-0.39, 0.29) is 12.6 Å². The molecule has 4 heteroatoms. The van der Waals surface area contributed by atoms with Crippen molar-refractivity contribution in [3.8, 4) is 0 Å². The fraction of sp³-hybridized carbons (Fsp3) is 0.842. The van der Waals surface area contributed by atoms with Gasteiger partial charge in [-0.25, -0.2) is 4.79 Å². The van der Waals surface area contributed by atoms with E-state index in [0.29, 0.717) is 0 Å². The van der Waals surface area contributed by atoms with Crippen LogP contribution in [0, 0.1) is 11.8 Å². The molecule has 0 bridgehead atoms. The van der Waals surface area contributed by atoms with Crippen molar-refractivity contribution in [3.05, 3.63) is 12.2 Å². The maximum atomic E-state index is 10.6. The molecule has 0 saturated heterocycles. The minimum atomic E-state index is -0.890. The molecule has 2 fully saturated rings. The molecule has 0 unspecified atom stereocenters. The molecule has 0 radical (unpaired) electrons. The van der Waals surface area contributed by atoms with E-state index >= 15 is 0 Å². The summed E-state index contributed by atoms with van der Waals surface area (Å²) in [5.74, 6) is 0.694. The van der Waals surface area contributed by atoms with Gasteiger partial charge in [0.15, 0.2) is 0 Å². The number of carboxylic acids is 1. The Morgan fingerprint density at radius 1 is 1.04 bits per heavy atom. The van der Waals surface area contributed by atoms with Crippen LogP contribution in [0.5, 0.6) is 0 Å². The van der Waals surface area contributed by atoms with Gasteiger partial charge in [0.1, 0.15) is 0 Å². The third-order valence-corrected chi connectivity index (χ3v) is 5.59. The van der Waals surface area contributed by atoms with Gasteiger partial charge < -0.3 is 10.2 Å². The molecule has 0 aromatic heterocycles. The summed E-state index contributed by atoms with van der Waals surface area (Å²) in [5.41, 5.74) is 0. The van der Waals surface area contributed by atoms with Crippen molar-refractivity contribution in [2.24, 2.45) is 11.8 Å². The van der Waals surface area contributed by atoms with E-state index in [0.717, 1.165) is 37.8 Å². The lowest BCUT2D eigenvalue weighted by atomic mass is 10.0. The molecule has 0 spiro atoms. The first-order valence-corrected chi connectivity index (χ1v) is 9.43. The number of allylic oxidation sites excluding steroid dienone is 1. The molecule has 0 aromatic rings. The second-order valence-electron chi connectivity index (χ2n) is 7.41. The number of hydrogen-bond donors (Lipinski definition) is 2. The number of hydrogen-bond acceptors (Lipinski definition) is 3. The van der Waals surface area contributed by atoms with Crippen LogP contribution in [-0.2, 0) is 4.79 Å². The van der Waals surface area contributed by atoms with Crippen molar-refractivity contribution in [3.63, 3.8) is 0 Å². The summed E-state index contributed by atoms with van der Waals surface area (Å²) in [6.45, 7) is 2.41. The van der Waals surface area contributed by atoms with Crippen molar-refractivity contribution in [2.75, 3.05) is 19.7 Å². The quantitative estimate of drug-likeness (QED) is 0.605. The molecule has 0 aromatic carbocycles. The molecule has 132 valence electrons. The van der Waals surface area contributed by atoms with Gasteiger partial charge in [-0.3, -0.25) is 4.90 Å². The summed E-state index contributed by atoms with van der Waals surface area (Å²) < 4.78 is 0. The number of carboxylic acid groups (broad SMARTS) is 1. The Bertz CT molecular complexity index is 353. The lowest BCUT2D eigenvalue weighted by Crippen LogP contribution is -2.43. The Morgan fingerprint density at radius 2 is 1.57 bits per heavy atom. The van der Waals surface area contributed by atoms with Crippen LogP contribution in [0.3, 0.4) is 0 Å². The Kier molecular flexibility index (Phi) is 8.10. The van der Waals surface area contributed by atoms with Crippen LogP contribution in [0.25, 0.3) is 0 Å². The summed E-state index contributed by atoms with van der Waals surface area (Å²) >= 11 is 0. The first-order chi connectivity index (χ1) is 11.2. The number of rotatable bonds is 10. The van der Waals surface area contributed by atoms with Crippen molar-refractivity contribution in [1.29, 1.82) is 0 Å². The van der Waals surface area contributed by atoms with Gasteiger partial charge in [-0.05, 0) is 50.4 Å². The second kappa shape index (κ2) is 10.1. The summed E-state index contributed by atoms with van der Waals surface area (Å²) in [5, 5.41) is 18.5. The number of aliphatic hydroxyl groups excluding tert-OH is 1. The molecule has 2 aliphatic rings. The minimum Gasteiger partial charge on any atom is -0.478 e. The Labute approximate surface area is 140 Å². The molecule has 23 heavy (non-hydrogen) atoms. The van der Waals surface area contributed by atoms with Gasteiger partial charge in [0.2, 0.25) is 0 Å². The van der Waals surface area contributed by atoms with Crippen LogP contribution in [0.1, 0.15) is 64.2 Å². The Morgan fingerprint density at radius 3 is 2.00 bits per heavy atom. The zero-order valence-electron chi connectivity index (χ0n) is 14.3. The smallest absolute Gasteiger partial charge is 0.327 e. The highest BCUT2D eigenvalue weighted by molar-refractivity contribution is 5.79. The molecule has 4 nitrogen and oxygen atoms in total. The average Bonchev–Trinajstić information content (AvgIpc) is 3.20. The summed E-state index contributed by atoms with van der Waals surface area (Å²) in [6.07, 6.45) is 15.2. The van der Waals surface area contributed by atoms with Crippen LogP contribution >= 0.6 is 0 Å². The van der Waals surface area contributed by atoms with Crippen LogP contribution < -0.4 is 0 Å². The van der Waals surface area contributed by atoms with E-state index in [1.807, 2.05) is 0 Å². The standard InChI is InChI=1S/C19H33NO3/c21-15-18(11-5-6-12-19(22)23)20(13-16-7-1-2-8-16)14-17-9-3-4-10-17/h6,12,16-18,21H,1-5,7-11,13-15H2,(H,22,23)/t18-/m1/s1. The van der Waals surface area contributed by atoms with Crippen LogP contribution in [0.4, 0.5) is 0 Å². The lowest BCUT2D eigenvalue weighted by Gasteiger charge is -2.34. The molecule has 0 aliphatic heterocycles. The van der Waals surface area contributed by atoms with Gasteiger partial charge in [-0.1, -0.05) is 31.8 Å². The maximum absolute atomic E-state index is 10.6. The highest BCUT2D eigenvalue weighted by Crippen LogP contribution is 2.30. The molecule has 2 N–H and O–H groups in total. The lowest BCUT2D eigenvalue weighted by molar-refractivity contribution is -0.131. The summed E-state index contributed by atoms with van der Waals surface area (Å²) in [6, 6.07) is 0.176. The van der Waals surface area contributed by atoms with Crippen molar-refractivity contribution < 1.29 is 15.0 Å². The van der Waals surface area contributed by atoms with Crippen molar-refractivity contribution in [2.45, 2.75) is 70.3 Å². The fourth-order valence-electron chi connectivity index (χ4n) is 4.28. The van der Waals surface area contributed by atoms with Crippen molar-refractivity contribution in [1.82, 2.24) is 4.90 Å². The van der Waals surface area contributed by atoms with E-state index < -0.39 is 5.97 Å². The zero-order chi connectivity index (χ0) is 16.5. The largest absolute Gasteiger partial charge is 0.478 e. The van der Waals surface area contributed by atoms with Crippen LogP contribution in [-0.4, -0.2) is 46.8 Å². The monoisotopic (exact) mass is 323 g/mol. The fourth-order valence-corrected chi connectivity index (χ4v) is 4.28. The maximum Gasteiger partial charge on any atom is 0.327 e. The number of carbonyl (C=O) groups is 1. The first kappa shape index (κ1) is 18.5.